The van der Waals surface area contributed by atoms with E-state index in [1.807, 2.05) is 6.07 Å². The van der Waals surface area contributed by atoms with E-state index < -0.39 is 0 Å². The highest BCUT2D eigenvalue weighted by Gasteiger charge is 2.08. The lowest BCUT2D eigenvalue weighted by molar-refractivity contribution is -0.143. The highest BCUT2D eigenvalue weighted by atomic mass is 16.5. The second-order valence-corrected chi connectivity index (χ2v) is 4.03. The Morgan fingerprint density at radius 1 is 1.53 bits per heavy atom. The monoisotopic (exact) mass is 265 g/mol. The first-order chi connectivity index (χ1) is 9.04. The molecule has 0 aliphatic rings. The largest absolute Gasteiger partial charge is 0.466 e. The molecule has 0 saturated heterocycles. The molecule has 6 nitrogen and oxygen atoms in total. The van der Waals surface area contributed by atoms with E-state index in [0.717, 1.165) is 5.69 Å². The topological polar surface area (TPSA) is 64.4 Å². The Labute approximate surface area is 112 Å². The molecule has 0 unspecified atom stereocenters. The Bertz CT molecular complexity index is 465. The van der Waals surface area contributed by atoms with Crippen LogP contribution in [0.3, 0.4) is 0 Å². The lowest BCUT2D eigenvalue weighted by Gasteiger charge is -2.14. The maximum Gasteiger partial charge on any atom is 0.307 e. The van der Waals surface area contributed by atoms with Gasteiger partial charge in [0.05, 0.1) is 18.7 Å². The van der Waals surface area contributed by atoms with Crippen molar-refractivity contribution >= 4 is 18.0 Å². The van der Waals surface area contributed by atoms with E-state index in [0.29, 0.717) is 13.2 Å². The summed E-state index contributed by atoms with van der Waals surface area (Å²) in [5, 5.41) is 4.00. The predicted molar refractivity (Wildman–Crippen MR) is 71.1 cm³/mol. The molecule has 1 aromatic rings. The first-order valence-electron chi connectivity index (χ1n) is 6.11. The molecule has 1 aromatic heterocycles. The van der Waals surface area contributed by atoms with Crippen LogP contribution in [0.15, 0.2) is 18.3 Å². The highest BCUT2D eigenvalue weighted by Crippen LogP contribution is 2.00. The summed E-state index contributed by atoms with van der Waals surface area (Å²) >= 11 is 0. The first-order valence-corrected chi connectivity index (χ1v) is 6.11. The van der Waals surface area contributed by atoms with Gasteiger partial charge < -0.3 is 9.64 Å². The van der Waals surface area contributed by atoms with E-state index in [-0.39, 0.29) is 18.3 Å². The molecule has 1 amide bonds. The zero-order valence-electron chi connectivity index (χ0n) is 11.5. The minimum absolute atomic E-state index is 0.162. The number of carbonyl (C=O) groups excluding carboxylic acids is 2. The molecule has 1 rings (SSSR count). The van der Waals surface area contributed by atoms with Gasteiger partial charge in [-0.05, 0) is 19.1 Å². The molecule has 0 N–H and O–H groups in total. The van der Waals surface area contributed by atoms with Gasteiger partial charge in [0.15, 0.2) is 0 Å². The van der Waals surface area contributed by atoms with Crippen LogP contribution in [0.4, 0.5) is 0 Å². The number of hydrogen-bond donors (Lipinski definition) is 0. The van der Waals surface area contributed by atoms with E-state index in [2.05, 4.69) is 5.10 Å². The van der Waals surface area contributed by atoms with E-state index in [1.54, 1.807) is 38.0 Å². The van der Waals surface area contributed by atoms with Gasteiger partial charge in [0.25, 0.3) is 0 Å². The quantitative estimate of drug-likeness (QED) is 0.565. The summed E-state index contributed by atoms with van der Waals surface area (Å²) < 4.78 is 6.47. The van der Waals surface area contributed by atoms with Crippen LogP contribution < -0.4 is 0 Å². The number of aromatic nitrogens is 2. The second-order valence-electron chi connectivity index (χ2n) is 4.03. The van der Waals surface area contributed by atoms with Crippen LogP contribution in [-0.2, 0) is 21.4 Å². The third kappa shape index (κ3) is 4.95. The number of amides is 1. The maximum atomic E-state index is 11.8. The minimum atomic E-state index is -0.294. The molecule has 0 spiro atoms. The average molecular weight is 265 g/mol. The van der Waals surface area contributed by atoms with Crippen LogP contribution in [0.25, 0.3) is 6.08 Å². The summed E-state index contributed by atoms with van der Waals surface area (Å²) in [6, 6.07) is 1.81. The van der Waals surface area contributed by atoms with E-state index in [9.17, 15) is 9.59 Å². The summed E-state index contributed by atoms with van der Waals surface area (Å²) in [5.41, 5.74) is 0.840. The Hall–Kier alpha value is -2.11. The third-order valence-electron chi connectivity index (χ3n) is 2.59. The normalized spacial score (nSPS) is 10.7. The summed E-state index contributed by atoms with van der Waals surface area (Å²) in [6.07, 6.45) is 5.02. The number of nitrogens with zero attached hydrogens (tertiary/aromatic N) is 3. The molecule has 6 heteroatoms. The number of likely N-dealkylation sites (N-methyl/N-ethyl adjacent to an activating group) is 1. The first kappa shape index (κ1) is 14.9. The molecule has 19 heavy (non-hydrogen) atoms. The van der Waals surface area contributed by atoms with Gasteiger partial charge in [-0.15, -0.1) is 0 Å². The van der Waals surface area contributed by atoms with E-state index in [1.165, 1.54) is 11.0 Å². The minimum Gasteiger partial charge on any atom is -0.466 e. The maximum absolute atomic E-state index is 11.8. The Morgan fingerprint density at radius 3 is 2.84 bits per heavy atom. The number of carbonyl (C=O) groups is 2. The van der Waals surface area contributed by atoms with Gasteiger partial charge in [0.1, 0.15) is 0 Å². The van der Waals surface area contributed by atoms with Gasteiger partial charge in [-0.25, -0.2) is 0 Å². The van der Waals surface area contributed by atoms with Crippen molar-refractivity contribution in [2.24, 2.45) is 7.05 Å². The van der Waals surface area contributed by atoms with Crippen molar-refractivity contribution in [1.82, 2.24) is 14.7 Å². The number of ether oxygens (including phenoxy) is 1. The van der Waals surface area contributed by atoms with Crippen molar-refractivity contribution in [2.45, 2.75) is 13.3 Å². The van der Waals surface area contributed by atoms with Crippen LogP contribution in [0.5, 0.6) is 0 Å². The summed E-state index contributed by atoms with van der Waals surface area (Å²) in [5.74, 6) is -0.455. The van der Waals surface area contributed by atoms with Crippen LogP contribution >= 0.6 is 0 Å². The molecule has 1 heterocycles. The van der Waals surface area contributed by atoms with Crippen molar-refractivity contribution in [2.75, 3.05) is 20.2 Å². The zero-order valence-corrected chi connectivity index (χ0v) is 11.5. The average Bonchev–Trinajstić information content (AvgIpc) is 2.79. The number of aryl methyl sites for hydroxylation is 1. The van der Waals surface area contributed by atoms with Crippen molar-refractivity contribution < 1.29 is 14.3 Å². The fourth-order valence-corrected chi connectivity index (χ4v) is 1.43. The fourth-order valence-electron chi connectivity index (χ4n) is 1.43. The second kappa shape index (κ2) is 7.35. The van der Waals surface area contributed by atoms with Gasteiger partial charge in [-0.1, -0.05) is 0 Å². The molecule has 0 aromatic carbocycles. The molecule has 0 aliphatic carbocycles. The molecule has 104 valence electrons. The summed E-state index contributed by atoms with van der Waals surface area (Å²) in [7, 11) is 3.45. The molecule has 0 saturated carbocycles. The van der Waals surface area contributed by atoms with Crippen molar-refractivity contribution in [3.8, 4) is 0 Å². The lowest BCUT2D eigenvalue weighted by Crippen LogP contribution is -2.27. The number of rotatable bonds is 6. The SMILES string of the molecule is CCOC(=O)CCN(C)C(=O)C=Cc1ccnn1C. The van der Waals surface area contributed by atoms with Crippen LogP contribution in [-0.4, -0.2) is 46.8 Å². The zero-order chi connectivity index (χ0) is 14.3. The fraction of sp³-hybridized carbons (Fsp3) is 0.462. The van der Waals surface area contributed by atoms with Crippen LogP contribution in [0.1, 0.15) is 19.0 Å². The highest BCUT2D eigenvalue weighted by molar-refractivity contribution is 5.91. The van der Waals surface area contributed by atoms with Crippen LogP contribution in [0, 0.1) is 0 Å². The molecule has 0 radical (unpaired) electrons. The third-order valence-corrected chi connectivity index (χ3v) is 2.59. The standard InChI is InChI=1S/C13H19N3O3/c1-4-19-13(18)8-10-15(2)12(17)6-5-11-7-9-14-16(11)3/h5-7,9H,4,8,10H2,1-3H3. The van der Waals surface area contributed by atoms with Crippen molar-refractivity contribution in [1.29, 1.82) is 0 Å². The van der Waals surface area contributed by atoms with Gasteiger partial charge in [-0.3, -0.25) is 14.3 Å². The molecular formula is C13H19N3O3. The van der Waals surface area contributed by atoms with Crippen molar-refractivity contribution in [3.63, 3.8) is 0 Å². The molecule has 0 bridgehead atoms. The number of esters is 1. The molecule has 0 fully saturated rings. The predicted octanol–water partition coefficient (Wildman–Crippen LogP) is 0.845. The smallest absolute Gasteiger partial charge is 0.307 e. The Kier molecular flexibility index (Phi) is 5.78. The van der Waals surface area contributed by atoms with Gasteiger partial charge in [0.2, 0.25) is 5.91 Å². The van der Waals surface area contributed by atoms with E-state index in [4.69, 9.17) is 4.74 Å². The van der Waals surface area contributed by atoms with Gasteiger partial charge in [0, 0.05) is 32.9 Å². The Morgan fingerprint density at radius 2 is 2.26 bits per heavy atom. The van der Waals surface area contributed by atoms with Crippen molar-refractivity contribution in [3.05, 3.63) is 24.0 Å². The molecular weight excluding hydrogens is 246 g/mol. The molecule has 0 aliphatic heterocycles. The lowest BCUT2D eigenvalue weighted by atomic mass is 10.3. The number of hydrogen-bond acceptors (Lipinski definition) is 4. The van der Waals surface area contributed by atoms with Gasteiger partial charge >= 0.3 is 5.97 Å². The van der Waals surface area contributed by atoms with E-state index >= 15 is 0 Å². The summed E-state index contributed by atoms with van der Waals surface area (Å²) in [6.45, 7) is 2.45. The molecule has 0 atom stereocenters. The Balaban J connectivity index is 2.43. The van der Waals surface area contributed by atoms with Crippen LogP contribution in [0.2, 0.25) is 0 Å². The van der Waals surface area contributed by atoms with Gasteiger partial charge in [-0.2, -0.15) is 5.10 Å². The summed E-state index contributed by atoms with van der Waals surface area (Å²) in [4.78, 5) is 24.4.